The van der Waals surface area contributed by atoms with E-state index in [4.69, 9.17) is 4.74 Å². The van der Waals surface area contributed by atoms with Crippen molar-refractivity contribution in [1.82, 2.24) is 5.32 Å². The zero-order chi connectivity index (χ0) is 17.1. The molecule has 1 aliphatic rings. The summed E-state index contributed by atoms with van der Waals surface area (Å²) in [7, 11) is 1.46. The molecule has 126 valence electrons. The molecule has 2 aromatic rings. The Morgan fingerprint density at radius 1 is 1.33 bits per heavy atom. The van der Waals surface area contributed by atoms with Crippen LogP contribution in [0.15, 0.2) is 42.5 Å². The Morgan fingerprint density at radius 3 is 2.92 bits per heavy atom. The molecule has 1 heterocycles. The van der Waals surface area contributed by atoms with Gasteiger partial charge in [-0.2, -0.15) is 0 Å². The van der Waals surface area contributed by atoms with E-state index in [2.05, 4.69) is 10.6 Å². The molecule has 0 radical (unpaired) electrons. The predicted molar refractivity (Wildman–Crippen MR) is 91.8 cm³/mol. The standard InChI is InChI=1S/C19H21FN2O2/c1-12(13-7-8-16(20)18(9-13)24-2)21-11-14-10-19(23)22-17-6-4-3-5-15(14)17/h3-9,12,14,21H,10-11H2,1-2H3,(H,22,23)/t12-,14-/m0/s1. The Morgan fingerprint density at radius 2 is 2.12 bits per heavy atom. The highest BCUT2D eigenvalue weighted by Crippen LogP contribution is 2.32. The lowest BCUT2D eigenvalue weighted by atomic mass is 9.90. The number of para-hydroxylation sites is 1. The van der Waals surface area contributed by atoms with Crippen molar-refractivity contribution in [2.45, 2.75) is 25.3 Å². The van der Waals surface area contributed by atoms with E-state index in [0.29, 0.717) is 13.0 Å². The molecule has 3 rings (SSSR count). The number of benzene rings is 2. The highest BCUT2D eigenvalue weighted by Gasteiger charge is 2.25. The quantitative estimate of drug-likeness (QED) is 0.881. The number of rotatable bonds is 5. The van der Waals surface area contributed by atoms with Crippen LogP contribution in [0.3, 0.4) is 0 Å². The first-order chi connectivity index (χ1) is 11.6. The van der Waals surface area contributed by atoms with Crippen molar-refractivity contribution in [3.8, 4) is 5.75 Å². The molecule has 2 N–H and O–H groups in total. The van der Waals surface area contributed by atoms with E-state index in [1.165, 1.54) is 13.2 Å². The summed E-state index contributed by atoms with van der Waals surface area (Å²) in [5.41, 5.74) is 2.98. The second kappa shape index (κ2) is 7.01. The van der Waals surface area contributed by atoms with Crippen LogP contribution in [0, 0.1) is 5.82 Å². The number of amides is 1. The van der Waals surface area contributed by atoms with Crippen molar-refractivity contribution in [1.29, 1.82) is 0 Å². The maximum absolute atomic E-state index is 13.5. The van der Waals surface area contributed by atoms with Crippen molar-refractivity contribution < 1.29 is 13.9 Å². The molecule has 1 amide bonds. The van der Waals surface area contributed by atoms with E-state index in [9.17, 15) is 9.18 Å². The van der Waals surface area contributed by atoms with E-state index >= 15 is 0 Å². The largest absolute Gasteiger partial charge is 0.494 e. The number of hydrogen-bond donors (Lipinski definition) is 2. The lowest BCUT2D eigenvalue weighted by Crippen LogP contribution is -2.31. The minimum absolute atomic E-state index is 0.0247. The van der Waals surface area contributed by atoms with Crippen LogP contribution in [0.4, 0.5) is 10.1 Å². The fraction of sp³-hybridized carbons (Fsp3) is 0.316. The van der Waals surface area contributed by atoms with Gasteiger partial charge in [0.2, 0.25) is 5.91 Å². The molecule has 0 saturated heterocycles. The summed E-state index contributed by atoms with van der Waals surface area (Å²) in [6, 6.07) is 12.8. The highest BCUT2D eigenvalue weighted by molar-refractivity contribution is 5.94. The predicted octanol–water partition coefficient (Wildman–Crippen LogP) is 3.61. The summed E-state index contributed by atoms with van der Waals surface area (Å²) in [6.45, 7) is 2.69. The molecule has 0 aromatic heterocycles. The van der Waals surface area contributed by atoms with E-state index < -0.39 is 0 Å². The van der Waals surface area contributed by atoms with Gasteiger partial charge in [0.25, 0.3) is 0 Å². The zero-order valence-electron chi connectivity index (χ0n) is 13.8. The van der Waals surface area contributed by atoms with Crippen LogP contribution < -0.4 is 15.4 Å². The van der Waals surface area contributed by atoms with Crippen molar-refractivity contribution >= 4 is 11.6 Å². The molecular weight excluding hydrogens is 307 g/mol. The maximum Gasteiger partial charge on any atom is 0.225 e. The Balaban J connectivity index is 1.70. The van der Waals surface area contributed by atoms with Gasteiger partial charge in [0, 0.05) is 30.6 Å². The molecule has 0 saturated carbocycles. The summed E-state index contributed by atoms with van der Waals surface area (Å²) in [4.78, 5) is 11.9. The van der Waals surface area contributed by atoms with Gasteiger partial charge in [0.1, 0.15) is 0 Å². The number of carbonyl (C=O) groups is 1. The molecule has 24 heavy (non-hydrogen) atoms. The van der Waals surface area contributed by atoms with Gasteiger partial charge in [0.05, 0.1) is 7.11 Å². The Hall–Kier alpha value is -2.40. The third-order valence-electron chi connectivity index (χ3n) is 4.45. The fourth-order valence-electron chi connectivity index (χ4n) is 3.07. The highest BCUT2D eigenvalue weighted by atomic mass is 19.1. The molecule has 2 aromatic carbocycles. The van der Waals surface area contributed by atoms with Crippen LogP contribution in [-0.2, 0) is 4.79 Å². The fourth-order valence-corrected chi connectivity index (χ4v) is 3.07. The lowest BCUT2D eigenvalue weighted by molar-refractivity contribution is -0.116. The number of nitrogens with one attached hydrogen (secondary N) is 2. The van der Waals surface area contributed by atoms with E-state index in [1.807, 2.05) is 31.2 Å². The minimum atomic E-state index is -0.369. The number of fused-ring (bicyclic) bond motifs is 1. The average molecular weight is 328 g/mol. The van der Waals surface area contributed by atoms with Crippen LogP contribution in [0.25, 0.3) is 0 Å². The summed E-state index contributed by atoms with van der Waals surface area (Å²) >= 11 is 0. The number of hydrogen-bond acceptors (Lipinski definition) is 3. The molecule has 0 unspecified atom stereocenters. The molecule has 0 spiro atoms. The number of anilines is 1. The average Bonchev–Trinajstić information content (AvgIpc) is 2.59. The molecule has 1 aliphatic heterocycles. The van der Waals surface area contributed by atoms with Crippen molar-refractivity contribution in [3.63, 3.8) is 0 Å². The number of ether oxygens (including phenoxy) is 1. The molecule has 2 atom stereocenters. The molecule has 0 fully saturated rings. The van der Waals surface area contributed by atoms with E-state index in [0.717, 1.165) is 16.8 Å². The van der Waals surface area contributed by atoms with Crippen molar-refractivity contribution in [2.24, 2.45) is 0 Å². The summed E-state index contributed by atoms with van der Waals surface area (Å²) < 4.78 is 18.6. The van der Waals surface area contributed by atoms with Crippen molar-refractivity contribution in [3.05, 3.63) is 59.4 Å². The smallest absolute Gasteiger partial charge is 0.225 e. The number of halogens is 1. The van der Waals surface area contributed by atoms with Gasteiger partial charge in [-0.15, -0.1) is 0 Å². The van der Waals surface area contributed by atoms with Gasteiger partial charge in [-0.3, -0.25) is 4.79 Å². The van der Waals surface area contributed by atoms with E-state index in [1.54, 1.807) is 12.1 Å². The molecule has 0 aliphatic carbocycles. The maximum atomic E-state index is 13.5. The number of methoxy groups -OCH3 is 1. The molecule has 4 nitrogen and oxygen atoms in total. The number of carbonyl (C=O) groups excluding carboxylic acids is 1. The van der Waals surface area contributed by atoms with Gasteiger partial charge >= 0.3 is 0 Å². The van der Waals surface area contributed by atoms with Crippen LogP contribution in [0.1, 0.15) is 36.4 Å². The Bertz CT molecular complexity index is 748. The van der Waals surface area contributed by atoms with Crippen LogP contribution in [-0.4, -0.2) is 19.6 Å². The SMILES string of the molecule is COc1cc([C@H](C)NC[C@@H]2CC(=O)Nc3ccccc32)ccc1F. The van der Waals surface area contributed by atoms with Crippen LogP contribution in [0.5, 0.6) is 5.75 Å². The van der Waals surface area contributed by atoms with Gasteiger partial charge < -0.3 is 15.4 Å². The third kappa shape index (κ3) is 3.41. The molecule has 5 heteroatoms. The Labute approximate surface area is 141 Å². The lowest BCUT2D eigenvalue weighted by Gasteiger charge is -2.27. The first-order valence-corrected chi connectivity index (χ1v) is 8.04. The third-order valence-corrected chi connectivity index (χ3v) is 4.45. The zero-order valence-corrected chi connectivity index (χ0v) is 13.8. The van der Waals surface area contributed by atoms with E-state index in [-0.39, 0.29) is 29.4 Å². The first-order valence-electron chi connectivity index (χ1n) is 8.04. The van der Waals surface area contributed by atoms with Crippen molar-refractivity contribution in [2.75, 3.05) is 19.0 Å². The first kappa shape index (κ1) is 16.5. The molecular formula is C19H21FN2O2. The summed E-state index contributed by atoms with van der Waals surface area (Å²) in [5, 5.41) is 6.35. The minimum Gasteiger partial charge on any atom is -0.494 e. The van der Waals surface area contributed by atoms with Gasteiger partial charge in [0.15, 0.2) is 11.6 Å². The molecule has 0 bridgehead atoms. The van der Waals surface area contributed by atoms with Crippen LogP contribution in [0.2, 0.25) is 0 Å². The monoisotopic (exact) mass is 328 g/mol. The second-order valence-electron chi connectivity index (χ2n) is 6.06. The van der Waals surface area contributed by atoms with Gasteiger partial charge in [-0.25, -0.2) is 4.39 Å². The Kier molecular flexibility index (Phi) is 4.81. The van der Waals surface area contributed by atoms with Gasteiger partial charge in [-0.1, -0.05) is 24.3 Å². The van der Waals surface area contributed by atoms with Gasteiger partial charge in [-0.05, 0) is 36.2 Å². The summed E-state index contributed by atoms with van der Waals surface area (Å²) in [6.07, 6.45) is 0.462. The summed E-state index contributed by atoms with van der Waals surface area (Å²) in [5.74, 6) is 0.0335. The van der Waals surface area contributed by atoms with Crippen LogP contribution >= 0.6 is 0 Å². The topological polar surface area (TPSA) is 50.4 Å². The normalized spacial score (nSPS) is 17.8. The second-order valence-corrected chi connectivity index (χ2v) is 6.06.